The number of carbonyl (C=O) groups is 3. The van der Waals surface area contributed by atoms with Gasteiger partial charge in [0.15, 0.2) is 0 Å². The first-order chi connectivity index (χ1) is 12.9. The number of allylic oxidation sites excluding steroid dienone is 3. The number of hydrogen-bond acceptors (Lipinski definition) is 4. The second kappa shape index (κ2) is 12.4. The molecule has 1 aliphatic carbocycles. The molecule has 1 saturated carbocycles. The summed E-state index contributed by atoms with van der Waals surface area (Å²) in [6.45, 7) is 2.09. The number of unbranched alkanes of at least 4 members (excludes halogenated alkanes) is 3. The van der Waals surface area contributed by atoms with Crippen molar-refractivity contribution in [3.05, 3.63) is 24.3 Å². The number of ketones is 1. The van der Waals surface area contributed by atoms with E-state index in [1.54, 1.807) is 12.2 Å². The summed E-state index contributed by atoms with van der Waals surface area (Å²) in [6.07, 6.45) is 11.8. The van der Waals surface area contributed by atoms with Crippen molar-refractivity contribution in [3.63, 3.8) is 0 Å². The van der Waals surface area contributed by atoms with Crippen LogP contribution in [0.15, 0.2) is 24.3 Å². The first kappa shape index (κ1) is 23.1. The molecule has 4 atom stereocenters. The average molecular weight is 380 g/mol. The van der Waals surface area contributed by atoms with Crippen molar-refractivity contribution in [2.45, 2.75) is 70.8 Å². The van der Waals surface area contributed by atoms with Crippen molar-refractivity contribution in [1.82, 2.24) is 0 Å². The molecule has 6 nitrogen and oxygen atoms in total. The van der Waals surface area contributed by atoms with Crippen LogP contribution in [0.3, 0.4) is 0 Å². The first-order valence-corrected chi connectivity index (χ1v) is 9.85. The summed E-state index contributed by atoms with van der Waals surface area (Å²) in [7, 11) is 0. The van der Waals surface area contributed by atoms with Gasteiger partial charge in [-0.25, -0.2) is 0 Å². The van der Waals surface area contributed by atoms with Gasteiger partial charge in [-0.3, -0.25) is 14.4 Å². The van der Waals surface area contributed by atoms with Gasteiger partial charge in [0.05, 0.1) is 12.0 Å². The van der Waals surface area contributed by atoms with Crippen LogP contribution in [0.4, 0.5) is 0 Å². The lowest BCUT2D eigenvalue weighted by Gasteiger charge is -2.17. The molecule has 1 rings (SSSR count). The van der Waals surface area contributed by atoms with E-state index in [-0.39, 0.29) is 18.6 Å². The van der Waals surface area contributed by atoms with Crippen molar-refractivity contribution >= 4 is 17.7 Å². The number of aliphatic hydroxyl groups excluding tert-OH is 1. The lowest BCUT2D eigenvalue weighted by atomic mass is 9.86. The number of aliphatic carboxylic acids is 2. The lowest BCUT2D eigenvalue weighted by Crippen LogP contribution is -2.21. The molecule has 3 N–H and O–H groups in total. The highest BCUT2D eigenvalue weighted by molar-refractivity contribution is 5.90. The molecule has 0 spiro atoms. The van der Waals surface area contributed by atoms with Crippen LogP contribution in [-0.2, 0) is 14.4 Å². The molecule has 0 saturated heterocycles. The third kappa shape index (κ3) is 8.52. The Labute approximate surface area is 161 Å². The molecule has 27 heavy (non-hydrogen) atoms. The molecule has 1 fully saturated rings. The zero-order chi connectivity index (χ0) is 20.2. The molecule has 0 aromatic carbocycles. The molecule has 0 radical (unpaired) electrons. The van der Waals surface area contributed by atoms with E-state index in [0.717, 1.165) is 19.3 Å². The van der Waals surface area contributed by atoms with Crippen molar-refractivity contribution in [2.75, 3.05) is 0 Å². The highest BCUT2D eigenvalue weighted by atomic mass is 16.4. The van der Waals surface area contributed by atoms with Gasteiger partial charge >= 0.3 is 11.9 Å². The Morgan fingerprint density at radius 2 is 1.93 bits per heavy atom. The van der Waals surface area contributed by atoms with Crippen LogP contribution in [0.2, 0.25) is 0 Å². The first-order valence-electron chi connectivity index (χ1n) is 9.85. The van der Waals surface area contributed by atoms with E-state index < -0.39 is 35.8 Å². The van der Waals surface area contributed by atoms with Gasteiger partial charge in [0.2, 0.25) is 0 Å². The van der Waals surface area contributed by atoms with Crippen LogP contribution >= 0.6 is 0 Å². The maximum Gasteiger partial charge on any atom is 0.307 e. The Kier molecular flexibility index (Phi) is 10.6. The highest BCUT2D eigenvalue weighted by Gasteiger charge is 2.43. The Morgan fingerprint density at radius 1 is 1.19 bits per heavy atom. The zero-order valence-electron chi connectivity index (χ0n) is 16.0. The molecule has 0 heterocycles. The number of carbonyl (C=O) groups excluding carboxylic acids is 1. The molecular weight excluding hydrogens is 348 g/mol. The largest absolute Gasteiger partial charge is 0.481 e. The summed E-state index contributed by atoms with van der Waals surface area (Å²) in [4.78, 5) is 34.3. The van der Waals surface area contributed by atoms with Gasteiger partial charge in [-0.2, -0.15) is 0 Å². The summed E-state index contributed by atoms with van der Waals surface area (Å²) in [5.74, 6) is -3.44. The smallest absolute Gasteiger partial charge is 0.307 e. The van der Waals surface area contributed by atoms with Crippen LogP contribution < -0.4 is 0 Å². The predicted molar refractivity (Wildman–Crippen MR) is 102 cm³/mol. The predicted octanol–water partition coefficient (Wildman–Crippen LogP) is 3.59. The van der Waals surface area contributed by atoms with Gasteiger partial charge in [-0.05, 0) is 25.7 Å². The summed E-state index contributed by atoms with van der Waals surface area (Å²) >= 11 is 0. The van der Waals surface area contributed by atoms with Crippen molar-refractivity contribution in [1.29, 1.82) is 0 Å². The van der Waals surface area contributed by atoms with Gasteiger partial charge in [-0.15, -0.1) is 0 Å². The van der Waals surface area contributed by atoms with Crippen LogP contribution in [0.25, 0.3) is 0 Å². The van der Waals surface area contributed by atoms with E-state index in [1.807, 2.05) is 12.2 Å². The number of Topliss-reactive ketones (excluding diaryl/α,β-unsaturated/α-hetero) is 1. The molecule has 0 aliphatic heterocycles. The van der Waals surface area contributed by atoms with E-state index in [0.29, 0.717) is 25.7 Å². The van der Waals surface area contributed by atoms with Gasteiger partial charge in [0.25, 0.3) is 0 Å². The maximum atomic E-state index is 12.3. The summed E-state index contributed by atoms with van der Waals surface area (Å²) in [5.41, 5.74) is 0. The fraction of sp³-hybridized carbons (Fsp3) is 0.667. The van der Waals surface area contributed by atoms with Crippen molar-refractivity contribution in [2.24, 2.45) is 17.8 Å². The second-order valence-corrected chi connectivity index (χ2v) is 7.24. The van der Waals surface area contributed by atoms with E-state index in [1.165, 1.54) is 0 Å². The van der Waals surface area contributed by atoms with Gasteiger partial charge in [-0.1, -0.05) is 50.5 Å². The fourth-order valence-electron chi connectivity index (χ4n) is 3.50. The molecule has 6 heteroatoms. The van der Waals surface area contributed by atoms with Gasteiger partial charge in [0.1, 0.15) is 5.78 Å². The summed E-state index contributed by atoms with van der Waals surface area (Å²) < 4.78 is 0. The fourth-order valence-corrected chi connectivity index (χ4v) is 3.50. The number of aliphatic hydroxyl groups is 1. The minimum atomic E-state index is -0.980. The van der Waals surface area contributed by atoms with Gasteiger partial charge in [0, 0.05) is 24.7 Å². The minimum Gasteiger partial charge on any atom is -0.481 e. The number of hydrogen-bond donors (Lipinski definition) is 3. The van der Waals surface area contributed by atoms with Crippen molar-refractivity contribution < 1.29 is 29.7 Å². The minimum absolute atomic E-state index is 0.0216. The Bertz CT molecular complexity index is 551. The molecule has 0 aromatic rings. The van der Waals surface area contributed by atoms with Crippen LogP contribution in [0.1, 0.15) is 64.7 Å². The van der Waals surface area contributed by atoms with E-state index in [4.69, 9.17) is 5.11 Å². The SMILES string of the molecule is CCCCCC(O)C=CC1C(C(=O)O)CC(=O)C1CC=CCCCC(=O)O. The quantitative estimate of drug-likeness (QED) is 0.332. The number of rotatable bonds is 13. The molecule has 152 valence electrons. The monoisotopic (exact) mass is 380 g/mol. The van der Waals surface area contributed by atoms with Crippen molar-refractivity contribution in [3.8, 4) is 0 Å². The van der Waals surface area contributed by atoms with Crippen LogP contribution in [-0.4, -0.2) is 39.1 Å². The molecule has 1 aliphatic rings. The molecule has 0 bridgehead atoms. The Balaban J connectivity index is 2.66. The number of carboxylic acid groups (broad SMARTS) is 2. The number of carboxylic acids is 2. The molecule has 0 aromatic heterocycles. The van der Waals surface area contributed by atoms with Gasteiger partial charge < -0.3 is 15.3 Å². The maximum absolute atomic E-state index is 12.3. The van der Waals surface area contributed by atoms with E-state index in [2.05, 4.69) is 6.92 Å². The topological polar surface area (TPSA) is 112 Å². The highest BCUT2D eigenvalue weighted by Crippen LogP contribution is 2.38. The summed E-state index contributed by atoms with van der Waals surface area (Å²) in [5, 5.41) is 28.1. The zero-order valence-corrected chi connectivity index (χ0v) is 16.0. The van der Waals surface area contributed by atoms with E-state index >= 15 is 0 Å². The third-order valence-corrected chi connectivity index (χ3v) is 5.06. The Morgan fingerprint density at radius 3 is 2.56 bits per heavy atom. The van der Waals surface area contributed by atoms with Crippen LogP contribution in [0, 0.1) is 17.8 Å². The molecule has 4 unspecified atom stereocenters. The normalized spacial score (nSPS) is 24.1. The average Bonchev–Trinajstić information content (AvgIpc) is 2.92. The van der Waals surface area contributed by atoms with Crippen LogP contribution in [0.5, 0.6) is 0 Å². The third-order valence-electron chi connectivity index (χ3n) is 5.06. The molecular formula is C21H32O6. The Hall–Kier alpha value is -1.95. The van der Waals surface area contributed by atoms with E-state index in [9.17, 15) is 24.6 Å². The lowest BCUT2D eigenvalue weighted by molar-refractivity contribution is -0.143. The second-order valence-electron chi connectivity index (χ2n) is 7.24. The summed E-state index contributed by atoms with van der Waals surface area (Å²) in [6, 6.07) is 0. The standard InChI is InChI=1S/C21H32O6/c1-2-3-6-9-15(22)12-13-16-17(19(23)14-18(16)21(26)27)10-7-4-5-8-11-20(24)25/h4,7,12-13,15-18,22H,2-3,5-6,8-11,14H2,1H3,(H,24,25)(H,26,27). The molecule has 0 amide bonds.